The maximum Gasteiger partial charge on any atom is 0.331 e. The average molecular weight is 467 g/mol. The van der Waals surface area contributed by atoms with E-state index in [1.165, 1.54) is 23.4 Å². The predicted molar refractivity (Wildman–Crippen MR) is 123 cm³/mol. The molecule has 0 saturated carbocycles. The molecule has 4 rings (SSSR count). The van der Waals surface area contributed by atoms with Crippen molar-refractivity contribution in [3.05, 3.63) is 76.4 Å². The van der Waals surface area contributed by atoms with Gasteiger partial charge >= 0.3 is 5.97 Å². The normalized spacial score (nSPS) is 15.5. The lowest BCUT2D eigenvalue weighted by atomic mass is 10.0. The molecule has 3 aromatic rings. The van der Waals surface area contributed by atoms with Crippen molar-refractivity contribution in [3.8, 4) is 11.5 Å². The van der Waals surface area contributed by atoms with Crippen LogP contribution in [-0.4, -0.2) is 43.4 Å². The smallest absolute Gasteiger partial charge is 0.331 e. The molecule has 1 unspecified atom stereocenters. The van der Waals surface area contributed by atoms with Crippen LogP contribution in [0.15, 0.2) is 69.7 Å². The van der Waals surface area contributed by atoms with Crippen LogP contribution in [0.4, 0.5) is 0 Å². The van der Waals surface area contributed by atoms with Gasteiger partial charge in [0.2, 0.25) is 0 Å². The number of carbonyl (C=O) groups excluding carboxylic acids is 2. The van der Waals surface area contributed by atoms with Crippen molar-refractivity contribution in [1.82, 2.24) is 5.01 Å². The van der Waals surface area contributed by atoms with E-state index < -0.39 is 18.5 Å². The lowest BCUT2D eigenvalue weighted by Crippen LogP contribution is -2.31. The van der Waals surface area contributed by atoms with Gasteiger partial charge in [-0.1, -0.05) is 12.1 Å². The molecule has 0 bridgehead atoms. The number of benzene rings is 1. The van der Waals surface area contributed by atoms with Gasteiger partial charge in [0, 0.05) is 12.5 Å². The van der Waals surface area contributed by atoms with Crippen molar-refractivity contribution in [2.75, 3.05) is 20.8 Å². The Morgan fingerprint density at radius 2 is 2.03 bits per heavy atom. The number of methoxy groups -OCH3 is 2. The second-order valence-electron chi connectivity index (χ2n) is 7.05. The van der Waals surface area contributed by atoms with E-state index in [0.717, 1.165) is 16.2 Å². The molecule has 0 saturated heterocycles. The van der Waals surface area contributed by atoms with Gasteiger partial charge < -0.3 is 18.6 Å². The Morgan fingerprint density at radius 1 is 1.18 bits per heavy atom. The van der Waals surface area contributed by atoms with Gasteiger partial charge in [0.25, 0.3) is 5.91 Å². The minimum absolute atomic E-state index is 0.369. The number of rotatable bonds is 8. The van der Waals surface area contributed by atoms with Crippen molar-refractivity contribution >= 4 is 35.0 Å². The molecular weight excluding hydrogens is 444 g/mol. The highest BCUT2D eigenvalue weighted by molar-refractivity contribution is 7.12. The van der Waals surface area contributed by atoms with Gasteiger partial charge in [0.1, 0.15) is 5.76 Å². The van der Waals surface area contributed by atoms with Crippen LogP contribution in [0.5, 0.6) is 11.5 Å². The molecule has 1 aliphatic heterocycles. The van der Waals surface area contributed by atoms with Crippen molar-refractivity contribution in [3.63, 3.8) is 0 Å². The Balaban J connectivity index is 1.51. The minimum Gasteiger partial charge on any atom is -0.493 e. The minimum atomic E-state index is -0.649. The molecule has 0 fully saturated rings. The number of hydrogen-bond acceptors (Lipinski definition) is 8. The molecule has 8 nitrogen and oxygen atoms in total. The van der Waals surface area contributed by atoms with Crippen LogP contribution in [0.1, 0.15) is 28.7 Å². The van der Waals surface area contributed by atoms with Gasteiger partial charge in [-0.25, -0.2) is 9.80 Å². The molecule has 0 radical (unpaired) electrons. The number of hydrogen-bond donors (Lipinski definition) is 0. The number of carbonyl (C=O) groups is 2. The summed E-state index contributed by atoms with van der Waals surface area (Å²) in [6.45, 7) is -0.438. The van der Waals surface area contributed by atoms with Crippen LogP contribution in [0.3, 0.4) is 0 Å². The standard InChI is InChI=1S/C24H22N2O6S/c1-29-20-9-7-16(13-21(20)30-2)19-14-18(22-6-4-12-33-22)25-26(19)23(27)15-32-24(28)10-8-17-5-3-11-31-17/h3-13,19H,14-15H2,1-2H3. The van der Waals surface area contributed by atoms with Gasteiger partial charge in [-0.05, 0) is 47.4 Å². The Hall–Kier alpha value is -3.85. The molecule has 0 spiro atoms. The molecule has 170 valence electrons. The van der Waals surface area contributed by atoms with E-state index in [1.54, 1.807) is 43.8 Å². The lowest BCUT2D eigenvalue weighted by Gasteiger charge is -2.22. The van der Waals surface area contributed by atoms with E-state index >= 15 is 0 Å². The lowest BCUT2D eigenvalue weighted by molar-refractivity contribution is -0.149. The number of esters is 1. The summed E-state index contributed by atoms with van der Waals surface area (Å²) in [5.41, 5.74) is 1.63. The third kappa shape index (κ3) is 5.15. The molecular formula is C24H22N2O6S. The van der Waals surface area contributed by atoms with Gasteiger partial charge in [-0.2, -0.15) is 5.10 Å². The van der Waals surface area contributed by atoms with Crippen LogP contribution in [-0.2, 0) is 14.3 Å². The quantitative estimate of drug-likeness (QED) is 0.363. The monoisotopic (exact) mass is 466 g/mol. The maximum absolute atomic E-state index is 13.0. The van der Waals surface area contributed by atoms with Crippen LogP contribution >= 0.6 is 11.3 Å². The van der Waals surface area contributed by atoms with E-state index in [1.807, 2.05) is 29.6 Å². The molecule has 1 atom stereocenters. The summed E-state index contributed by atoms with van der Waals surface area (Å²) in [6, 6.07) is 12.4. The fourth-order valence-electron chi connectivity index (χ4n) is 3.43. The van der Waals surface area contributed by atoms with Crippen molar-refractivity contribution in [1.29, 1.82) is 0 Å². The number of amides is 1. The average Bonchev–Trinajstić information content (AvgIpc) is 3.62. The zero-order valence-corrected chi connectivity index (χ0v) is 18.9. The fourth-order valence-corrected chi connectivity index (χ4v) is 4.16. The highest BCUT2D eigenvalue weighted by Gasteiger charge is 2.34. The molecule has 1 aromatic carbocycles. The Kier molecular flexibility index (Phi) is 6.89. The molecule has 33 heavy (non-hydrogen) atoms. The fraction of sp³-hybridized carbons (Fsp3) is 0.208. The molecule has 0 aliphatic carbocycles. The third-order valence-corrected chi connectivity index (χ3v) is 5.95. The first kappa shape index (κ1) is 22.3. The summed E-state index contributed by atoms with van der Waals surface area (Å²) in [4.78, 5) is 26.0. The van der Waals surface area contributed by atoms with Gasteiger partial charge in [-0.15, -0.1) is 11.3 Å². The van der Waals surface area contributed by atoms with E-state index in [2.05, 4.69) is 5.10 Å². The number of ether oxygens (including phenoxy) is 3. The predicted octanol–water partition coefficient (Wildman–Crippen LogP) is 4.29. The molecule has 1 aliphatic rings. The maximum atomic E-state index is 13.0. The number of nitrogens with zero attached hydrogens (tertiary/aromatic N) is 2. The highest BCUT2D eigenvalue weighted by Crippen LogP contribution is 2.37. The number of furan rings is 1. The molecule has 1 amide bonds. The topological polar surface area (TPSA) is 90.6 Å². The van der Waals surface area contributed by atoms with E-state index in [9.17, 15) is 9.59 Å². The van der Waals surface area contributed by atoms with Crippen molar-refractivity contribution < 1.29 is 28.2 Å². The van der Waals surface area contributed by atoms with Crippen molar-refractivity contribution in [2.45, 2.75) is 12.5 Å². The largest absolute Gasteiger partial charge is 0.493 e. The number of hydrazone groups is 1. The summed E-state index contributed by atoms with van der Waals surface area (Å²) in [5, 5.41) is 7.90. The van der Waals surface area contributed by atoms with E-state index in [-0.39, 0.29) is 6.04 Å². The number of thiophene rings is 1. The highest BCUT2D eigenvalue weighted by atomic mass is 32.1. The zero-order valence-electron chi connectivity index (χ0n) is 18.1. The van der Waals surface area contributed by atoms with Crippen LogP contribution in [0, 0.1) is 0 Å². The first-order valence-corrected chi connectivity index (χ1v) is 11.0. The van der Waals surface area contributed by atoms with Crippen LogP contribution < -0.4 is 9.47 Å². The van der Waals surface area contributed by atoms with Crippen LogP contribution in [0.2, 0.25) is 0 Å². The van der Waals surface area contributed by atoms with Gasteiger partial charge in [-0.3, -0.25) is 4.79 Å². The summed E-state index contributed by atoms with van der Waals surface area (Å²) in [5.74, 6) is 0.581. The van der Waals surface area contributed by atoms with E-state index in [0.29, 0.717) is 23.7 Å². The Labute approximate surface area is 194 Å². The first-order chi connectivity index (χ1) is 16.1. The van der Waals surface area contributed by atoms with E-state index in [4.69, 9.17) is 18.6 Å². The second kappa shape index (κ2) is 10.2. The molecule has 0 N–H and O–H groups in total. The van der Waals surface area contributed by atoms with Gasteiger partial charge in [0.15, 0.2) is 18.1 Å². The SMILES string of the molecule is COc1ccc(C2CC(c3cccs3)=NN2C(=O)COC(=O)C=Cc2ccco2)cc1OC. The van der Waals surface area contributed by atoms with Crippen molar-refractivity contribution in [2.24, 2.45) is 5.10 Å². The van der Waals surface area contributed by atoms with Crippen LogP contribution in [0.25, 0.3) is 6.08 Å². The second-order valence-corrected chi connectivity index (χ2v) is 8.00. The Morgan fingerprint density at radius 3 is 2.73 bits per heavy atom. The summed E-state index contributed by atoms with van der Waals surface area (Å²) < 4.78 is 21.0. The Bertz CT molecular complexity index is 1170. The van der Waals surface area contributed by atoms with Gasteiger partial charge in [0.05, 0.1) is 37.1 Å². The zero-order chi connectivity index (χ0) is 23.2. The molecule has 9 heteroatoms. The third-order valence-electron chi connectivity index (χ3n) is 5.03. The molecule has 3 heterocycles. The summed E-state index contributed by atoms with van der Waals surface area (Å²) >= 11 is 1.55. The summed E-state index contributed by atoms with van der Waals surface area (Å²) in [7, 11) is 3.12. The first-order valence-electron chi connectivity index (χ1n) is 10.1. The molecule has 2 aromatic heterocycles. The summed E-state index contributed by atoms with van der Waals surface area (Å²) in [6.07, 6.45) is 4.71.